The number of aryl methyl sites for hydroxylation is 1. The summed E-state index contributed by atoms with van der Waals surface area (Å²) in [6.45, 7) is 0. The summed E-state index contributed by atoms with van der Waals surface area (Å²) in [5.41, 5.74) is 1.19. The fraction of sp³-hybridized carbons (Fsp3) is 0.214. The van der Waals surface area contributed by atoms with Crippen LogP contribution in [0.1, 0.15) is 18.4 Å². The predicted molar refractivity (Wildman–Crippen MR) is 72.2 cm³/mol. The lowest BCUT2D eigenvalue weighted by Gasteiger charge is -2.03. The van der Waals surface area contributed by atoms with Crippen molar-refractivity contribution in [1.29, 1.82) is 0 Å². The van der Waals surface area contributed by atoms with Gasteiger partial charge in [0.15, 0.2) is 0 Å². The second kappa shape index (κ2) is 5.32. The molecule has 0 bridgehead atoms. The minimum atomic E-state index is -0.728. The Bertz CT molecular complexity index is 549. The van der Waals surface area contributed by atoms with Gasteiger partial charge in [0, 0.05) is 10.9 Å². The highest BCUT2D eigenvalue weighted by atomic mass is 79.9. The summed E-state index contributed by atoms with van der Waals surface area (Å²) in [6.07, 6.45) is 1.74. The maximum atomic E-state index is 10.4. The molecule has 2 rings (SSSR count). The highest BCUT2D eigenvalue weighted by Gasteiger charge is 2.00. The average Bonchev–Trinajstić information content (AvgIpc) is 2.28. The number of rotatable bonds is 4. The first-order chi connectivity index (χ1) is 8.15. The van der Waals surface area contributed by atoms with Crippen molar-refractivity contribution in [2.75, 3.05) is 0 Å². The molecule has 0 fully saturated rings. The molecule has 2 nitrogen and oxygen atoms in total. The molecule has 17 heavy (non-hydrogen) atoms. The summed E-state index contributed by atoms with van der Waals surface area (Å²) >= 11 is 3.45. The number of carboxylic acid groups (broad SMARTS) is 1. The summed E-state index contributed by atoms with van der Waals surface area (Å²) < 4.78 is 1.06. The van der Waals surface area contributed by atoms with Crippen molar-refractivity contribution in [3.8, 4) is 0 Å². The molecule has 1 N–H and O–H groups in total. The third-order valence-corrected chi connectivity index (χ3v) is 3.22. The number of carboxylic acids is 1. The van der Waals surface area contributed by atoms with E-state index in [1.54, 1.807) is 0 Å². The Balaban J connectivity index is 2.16. The van der Waals surface area contributed by atoms with Crippen LogP contribution in [0, 0.1) is 0 Å². The molecule has 0 heterocycles. The minimum absolute atomic E-state index is 0.233. The highest BCUT2D eigenvalue weighted by Crippen LogP contribution is 2.21. The predicted octanol–water partition coefficient (Wildman–Crippen LogP) is 4.01. The smallest absolute Gasteiger partial charge is 0.303 e. The van der Waals surface area contributed by atoms with Gasteiger partial charge in [0.2, 0.25) is 0 Å². The monoisotopic (exact) mass is 292 g/mol. The molecule has 0 unspecified atom stereocenters. The third kappa shape index (κ3) is 3.30. The minimum Gasteiger partial charge on any atom is -0.481 e. The van der Waals surface area contributed by atoms with E-state index in [1.807, 2.05) is 6.07 Å². The van der Waals surface area contributed by atoms with Crippen LogP contribution in [0.5, 0.6) is 0 Å². The second-order valence-corrected chi connectivity index (χ2v) is 4.99. The molecule has 0 aliphatic heterocycles. The zero-order valence-electron chi connectivity index (χ0n) is 9.32. The molecule has 0 aliphatic carbocycles. The molecule has 3 heteroatoms. The van der Waals surface area contributed by atoms with Crippen LogP contribution in [0.2, 0.25) is 0 Å². The summed E-state index contributed by atoms with van der Waals surface area (Å²) in [5.74, 6) is -0.728. The number of benzene rings is 2. The van der Waals surface area contributed by atoms with Gasteiger partial charge in [-0.25, -0.2) is 0 Å². The first kappa shape index (κ1) is 12.1. The van der Waals surface area contributed by atoms with Crippen molar-refractivity contribution in [3.63, 3.8) is 0 Å². The van der Waals surface area contributed by atoms with Crippen molar-refractivity contribution in [3.05, 3.63) is 46.4 Å². The van der Waals surface area contributed by atoms with Gasteiger partial charge in [-0.15, -0.1) is 0 Å². The van der Waals surface area contributed by atoms with Gasteiger partial charge >= 0.3 is 5.97 Å². The zero-order valence-corrected chi connectivity index (χ0v) is 10.9. The molecule has 0 saturated heterocycles. The number of aliphatic carboxylic acids is 1. The zero-order chi connectivity index (χ0) is 12.3. The number of hydrogen-bond donors (Lipinski definition) is 1. The van der Waals surface area contributed by atoms with E-state index in [-0.39, 0.29) is 6.42 Å². The molecular weight excluding hydrogens is 280 g/mol. The van der Waals surface area contributed by atoms with Crippen molar-refractivity contribution in [1.82, 2.24) is 0 Å². The molecular formula is C14H13BrO2. The fourth-order valence-corrected chi connectivity index (χ4v) is 2.25. The van der Waals surface area contributed by atoms with E-state index in [0.717, 1.165) is 10.9 Å². The Kier molecular flexibility index (Phi) is 3.79. The van der Waals surface area contributed by atoms with Crippen molar-refractivity contribution < 1.29 is 9.90 Å². The Morgan fingerprint density at radius 3 is 2.65 bits per heavy atom. The molecule has 0 spiro atoms. The van der Waals surface area contributed by atoms with E-state index < -0.39 is 5.97 Å². The molecule has 2 aromatic carbocycles. The van der Waals surface area contributed by atoms with E-state index in [4.69, 9.17) is 5.11 Å². The van der Waals surface area contributed by atoms with Crippen LogP contribution in [0.4, 0.5) is 0 Å². The van der Waals surface area contributed by atoms with Crippen LogP contribution >= 0.6 is 15.9 Å². The molecule has 0 aliphatic rings. The maximum Gasteiger partial charge on any atom is 0.303 e. The highest BCUT2D eigenvalue weighted by molar-refractivity contribution is 9.10. The molecule has 0 saturated carbocycles. The van der Waals surface area contributed by atoms with Crippen molar-refractivity contribution >= 4 is 32.7 Å². The lowest BCUT2D eigenvalue weighted by Crippen LogP contribution is -1.95. The van der Waals surface area contributed by atoms with Gasteiger partial charge < -0.3 is 5.11 Å². The van der Waals surface area contributed by atoms with E-state index in [9.17, 15) is 4.79 Å². The number of fused-ring (bicyclic) bond motifs is 1. The van der Waals surface area contributed by atoms with Gasteiger partial charge in [-0.2, -0.15) is 0 Å². The lowest BCUT2D eigenvalue weighted by molar-refractivity contribution is -0.137. The van der Waals surface area contributed by atoms with E-state index in [0.29, 0.717) is 6.42 Å². The average molecular weight is 293 g/mol. The number of hydrogen-bond acceptors (Lipinski definition) is 1. The Labute approximate surface area is 108 Å². The van der Waals surface area contributed by atoms with E-state index in [1.165, 1.54) is 16.3 Å². The summed E-state index contributed by atoms with van der Waals surface area (Å²) in [4.78, 5) is 10.4. The molecule has 0 radical (unpaired) electrons. The Morgan fingerprint density at radius 1 is 1.12 bits per heavy atom. The number of halogens is 1. The normalized spacial score (nSPS) is 10.6. The molecule has 2 aromatic rings. The third-order valence-electron chi connectivity index (χ3n) is 2.72. The lowest BCUT2D eigenvalue weighted by atomic mass is 10.0. The van der Waals surface area contributed by atoms with Crippen molar-refractivity contribution in [2.45, 2.75) is 19.3 Å². The van der Waals surface area contributed by atoms with Gasteiger partial charge in [0.05, 0.1) is 0 Å². The van der Waals surface area contributed by atoms with Crippen LogP contribution in [-0.2, 0) is 11.2 Å². The fourth-order valence-electron chi connectivity index (χ4n) is 1.87. The number of carbonyl (C=O) groups is 1. The van der Waals surface area contributed by atoms with E-state index in [2.05, 4.69) is 46.3 Å². The van der Waals surface area contributed by atoms with Crippen molar-refractivity contribution in [2.24, 2.45) is 0 Å². The summed E-state index contributed by atoms with van der Waals surface area (Å²) in [7, 11) is 0. The molecule has 0 atom stereocenters. The second-order valence-electron chi connectivity index (χ2n) is 4.07. The Morgan fingerprint density at radius 2 is 1.88 bits per heavy atom. The standard InChI is InChI=1S/C14H13BrO2/c15-13-7-6-11-5-4-10(8-12(11)9-13)2-1-3-14(16)17/h4-9H,1-3H2,(H,16,17). The first-order valence-corrected chi connectivity index (χ1v) is 6.34. The van der Waals surface area contributed by atoms with Crippen LogP contribution in [-0.4, -0.2) is 11.1 Å². The van der Waals surface area contributed by atoms with Gasteiger partial charge in [0.25, 0.3) is 0 Å². The van der Waals surface area contributed by atoms with E-state index >= 15 is 0 Å². The maximum absolute atomic E-state index is 10.4. The molecule has 88 valence electrons. The quantitative estimate of drug-likeness (QED) is 0.924. The van der Waals surface area contributed by atoms with Gasteiger partial charge in [-0.1, -0.05) is 40.2 Å². The van der Waals surface area contributed by atoms with Gasteiger partial charge in [0.1, 0.15) is 0 Å². The topological polar surface area (TPSA) is 37.3 Å². The van der Waals surface area contributed by atoms with Gasteiger partial charge in [-0.3, -0.25) is 4.79 Å². The van der Waals surface area contributed by atoms with Crippen LogP contribution in [0.3, 0.4) is 0 Å². The molecule has 0 aromatic heterocycles. The molecule has 0 amide bonds. The van der Waals surface area contributed by atoms with Crippen LogP contribution in [0.15, 0.2) is 40.9 Å². The van der Waals surface area contributed by atoms with Crippen LogP contribution in [0.25, 0.3) is 10.8 Å². The largest absolute Gasteiger partial charge is 0.481 e. The Hall–Kier alpha value is -1.35. The summed E-state index contributed by atoms with van der Waals surface area (Å²) in [6, 6.07) is 12.4. The SMILES string of the molecule is O=C(O)CCCc1ccc2ccc(Br)cc2c1. The summed E-state index contributed by atoms with van der Waals surface area (Å²) in [5, 5.41) is 11.0. The van der Waals surface area contributed by atoms with Crippen LogP contribution < -0.4 is 0 Å². The van der Waals surface area contributed by atoms with Gasteiger partial charge in [-0.05, 0) is 41.3 Å². The first-order valence-electron chi connectivity index (χ1n) is 5.55.